The minimum atomic E-state index is 0.161. The average molecular weight is 611 g/mol. The van der Waals surface area contributed by atoms with Crippen LogP contribution in [0.15, 0.2) is 103 Å². The van der Waals surface area contributed by atoms with Crippen molar-refractivity contribution in [2.75, 3.05) is 16.4 Å². The first-order valence-corrected chi connectivity index (χ1v) is 14.1. The van der Waals surface area contributed by atoms with E-state index in [1.165, 1.54) is 0 Å². The van der Waals surface area contributed by atoms with Crippen molar-refractivity contribution in [2.24, 2.45) is 0 Å². The Hall–Kier alpha value is -5.12. The molecule has 0 amide bonds. The van der Waals surface area contributed by atoms with Gasteiger partial charge in [0.1, 0.15) is 22.3 Å². The Morgan fingerprint density at radius 3 is 1.67 bits per heavy atom. The second kappa shape index (κ2) is 13.7. The standard InChI is InChI=1S/C19H17N5.C7H5Cl2N3.C6H7N/c1-13-12-16-17(20-13)23-19(22-15-10-6-3-7-11-15)24-18(16)21-14-8-4-2-5-9-14;1-3-2-4-5(8)11-7(9)12-6(4)10-3;7-6-4-2-1-3-5-6/h2-12H,1H3,(H3,20,21,22,23,24);2H,1H3,(H,10,11,12);1-5H,7H2. The molecule has 6 N–H and O–H groups in total. The Balaban J connectivity index is 0.000000159. The Kier molecular flexibility index (Phi) is 9.36. The third-order valence-corrected chi connectivity index (χ3v) is 6.49. The predicted molar refractivity (Wildman–Crippen MR) is 178 cm³/mol. The summed E-state index contributed by atoms with van der Waals surface area (Å²) >= 11 is 11.4. The van der Waals surface area contributed by atoms with E-state index in [9.17, 15) is 0 Å². The highest BCUT2D eigenvalue weighted by Gasteiger charge is 2.11. The fraction of sp³-hybridized carbons (Fsp3) is 0.0625. The Morgan fingerprint density at radius 2 is 1.12 bits per heavy atom. The van der Waals surface area contributed by atoms with Gasteiger partial charge in [-0.3, -0.25) is 0 Å². The second-order valence-electron chi connectivity index (χ2n) is 9.50. The summed E-state index contributed by atoms with van der Waals surface area (Å²) in [6.45, 7) is 3.93. The molecule has 0 aliphatic rings. The van der Waals surface area contributed by atoms with E-state index in [0.717, 1.165) is 50.7 Å². The second-order valence-corrected chi connectivity index (χ2v) is 10.2. The molecule has 9 nitrogen and oxygen atoms in total. The number of H-pyrrole nitrogens is 2. The number of nitrogens with two attached hydrogens (primary N) is 1. The van der Waals surface area contributed by atoms with Crippen molar-refractivity contribution in [2.45, 2.75) is 13.8 Å². The molecule has 0 fully saturated rings. The molecule has 0 unspecified atom stereocenters. The SMILES string of the molecule is Cc1cc2c(Cl)nc(Cl)nc2[nH]1.Cc1cc2c(Nc3ccccc3)nc(Nc3ccccc3)nc2[nH]1.Nc1ccccc1. The fourth-order valence-corrected chi connectivity index (χ4v) is 4.57. The lowest BCUT2D eigenvalue weighted by molar-refractivity contribution is 1.18. The van der Waals surface area contributed by atoms with Gasteiger partial charge in [0.25, 0.3) is 0 Å². The topological polar surface area (TPSA) is 133 Å². The van der Waals surface area contributed by atoms with Gasteiger partial charge in [0.2, 0.25) is 11.2 Å². The molecule has 0 bridgehead atoms. The number of nitrogens with zero attached hydrogens (tertiary/aromatic N) is 4. The monoisotopic (exact) mass is 609 g/mol. The van der Waals surface area contributed by atoms with Crippen molar-refractivity contribution in [3.63, 3.8) is 0 Å². The molecule has 4 heterocycles. The van der Waals surface area contributed by atoms with E-state index in [1.807, 2.05) is 117 Å². The zero-order valence-corrected chi connectivity index (χ0v) is 24.9. The maximum Gasteiger partial charge on any atom is 0.231 e. The van der Waals surface area contributed by atoms with E-state index >= 15 is 0 Å². The number of halogens is 2. The summed E-state index contributed by atoms with van der Waals surface area (Å²) in [5.74, 6) is 1.32. The van der Waals surface area contributed by atoms with E-state index in [1.54, 1.807) is 0 Å². The van der Waals surface area contributed by atoms with E-state index in [4.69, 9.17) is 28.9 Å². The minimum absolute atomic E-state index is 0.161. The van der Waals surface area contributed by atoms with Gasteiger partial charge in [-0.1, -0.05) is 66.2 Å². The highest BCUT2D eigenvalue weighted by molar-refractivity contribution is 6.35. The van der Waals surface area contributed by atoms with Crippen LogP contribution >= 0.6 is 23.2 Å². The maximum atomic E-state index is 5.82. The molecule has 11 heteroatoms. The Labute approximate surface area is 258 Å². The van der Waals surface area contributed by atoms with Gasteiger partial charge in [0.05, 0.1) is 10.8 Å². The number of hydrogen-bond acceptors (Lipinski definition) is 7. The van der Waals surface area contributed by atoms with Gasteiger partial charge < -0.3 is 26.3 Å². The number of fused-ring (bicyclic) bond motifs is 2. The lowest BCUT2D eigenvalue weighted by Gasteiger charge is -2.10. The van der Waals surface area contributed by atoms with Crippen LogP contribution < -0.4 is 16.4 Å². The van der Waals surface area contributed by atoms with Crippen LogP contribution in [0.4, 0.5) is 28.8 Å². The number of aromatic nitrogens is 6. The third kappa shape index (κ3) is 8.00. The highest BCUT2D eigenvalue weighted by atomic mass is 35.5. The number of aromatic amines is 2. The molecule has 0 aliphatic carbocycles. The van der Waals surface area contributed by atoms with Crippen molar-refractivity contribution < 1.29 is 0 Å². The quantitative estimate of drug-likeness (QED) is 0.0766. The average Bonchev–Trinajstić information content (AvgIpc) is 3.56. The number of aryl methyl sites for hydroxylation is 2. The summed E-state index contributed by atoms with van der Waals surface area (Å²) in [6.07, 6.45) is 0. The van der Waals surface area contributed by atoms with Gasteiger partial charge >= 0.3 is 0 Å². The van der Waals surface area contributed by atoms with Crippen molar-refractivity contribution in [3.05, 3.63) is 125 Å². The first-order valence-electron chi connectivity index (χ1n) is 13.3. The molecule has 3 aromatic carbocycles. The number of rotatable bonds is 4. The van der Waals surface area contributed by atoms with Crippen LogP contribution in [0.3, 0.4) is 0 Å². The third-order valence-electron chi connectivity index (χ3n) is 6.04. The molecule has 216 valence electrons. The first-order chi connectivity index (χ1) is 20.8. The molecule has 0 saturated carbocycles. The van der Waals surface area contributed by atoms with Crippen molar-refractivity contribution in [1.29, 1.82) is 0 Å². The van der Waals surface area contributed by atoms with Gasteiger partial charge in [0.15, 0.2) is 0 Å². The van der Waals surface area contributed by atoms with Crippen LogP contribution in [0, 0.1) is 13.8 Å². The Morgan fingerprint density at radius 1 is 0.605 bits per heavy atom. The zero-order valence-electron chi connectivity index (χ0n) is 23.4. The summed E-state index contributed by atoms with van der Waals surface area (Å²) in [7, 11) is 0. The molecule has 0 atom stereocenters. The van der Waals surface area contributed by atoms with Crippen LogP contribution in [0.1, 0.15) is 11.4 Å². The lowest BCUT2D eigenvalue weighted by atomic mass is 10.3. The molecule has 0 spiro atoms. The van der Waals surface area contributed by atoms with Crippen LogP contribution in [0.2, 0.25) is 10.4 Å². The largest absolute Gasteiger partial charge is 0.399 e. The number of benzene rings is 3. The molecule has 7 aromatic rings. The summed E-state index contributed by atoms with van der Waals surface area (Å²) in [5.41, 5.74) is 11.6. The number of anilines is 5. The van der Waals surface area contributed by atoms with Gasteiger partial charge in [0, 0.05) is 28.5 Å². The Bertz CT molecular complexity index is 1920. The van der Waals surface area contributed by atoms with Gasteiger partial charge in [-0.15, -0.1) is 0 Å². The molecule has 0 saturated heterocycles. The summed E-state index contributed by atoms with van der Waals surface area (Å²) in [6, 6.07) is 33.3. The normalized spacial score (nSPS) is 10.4. The molecule has 0 aliphatic heterocycles. The molecule has 0 radical (unpaired) electrons. The highest BCUT2D eigenvalue weighted by Crippen LogP contribution is 2.27. The molecular weight excluding hydrogens is 581 g/mol. The smallest absolute Gasteiger partial charge is 0.231 e. The molecular formula is C32H29Cl2N9. The van der Waals surface area contributed by atoms with E-state index in [0.29, 0.717) is 16.7 Å². The van der Waals surface area contributed by atoms with Gasteiger partial charge in [-0.05, 0) is 74.0 Å². The van der Waals surface area contributed by atoms with E-state index in [-0.39, 0.29) is 5.28 Å². The molecule has 43 heavy (non-hydrogen) atoms. The van der Waals surface area contributed by atoms with Crippen LogP contribution in [-0.2, 0) is 0 Å². The number of nitrogen functional groups attached to an aromatic ring is 1. The van der Waals surface area contributed by atoms with Crippen LogP contribution in [-0.4, -0.2) is 29.9 Å². The first kappa shape index (κ1) is 29.4. The number of para-hydroxylation sites is 3. The van der Waals surface area contributed by atoms with Crippen molar-refractivity contribution in [1.82, 2.24) is 29.9 Å². The molecule has 4 aromatic heterocycles. The summed E-state index contributed by atoms with van der Waals surface area (Å²) in [4.78, 5) is 23.3. The maximum absolute atomic E-state index is 5.82. The van der Waals surface area contributed by atoms with Gasteiger partial charge in [-0.2, -0.15) is 15.0 Å². The van der Waals surface area contributed by atoms with E-state index in [2.05, 4.69) is 40.5 Å². The van der Waals surface area contributed by atoms with Crippen molar-refractivity contribution in [3.8, 4) is 0 Å². The minimum Gasteiger partial charge on any atom is -0.399 e. The number of nitrogens with one attached hydrogen (secondary N) is 4. The van der Waals surface area contributed by atoms with Crippen LogP contribution in [0.25, 0.3) is 22.1 Å². The molecule has 7 rings (SSSR count). The fourth-order valence-electron chi connectivity index (χ4n) is 4.13. The van der Waals surface area contributed by atoms with Crippen LogP contribution in [0.5, 0.6) is 0 Å². The summed E-state index contributed by atoms with van der Waals surface area (Å²) in [5, 5.41) is 8.94. The zero-order chi connectivity index (χ0) is 30.2. The van der Waals surface area contributed by atoms with E-state index < -0.39 is 0 Å². The lowest BCUT2D eigenvalue weighted by Crippen LogP contribution is -2.01. The predicted octanol–water partition coefficient (Wildman–Crippen LogP) is 8.60. The number of hydrogen-bond donors (Lipinski definition) is 5. The van der Waals surface area contributed by atoms with Gasteiger partial charge in [-0.25, -0.2) is 4.98 Å². The van der Waals surface area contributed by atoms with Crippen molar-refractivity contribution >= 4 is 74.1 Å². The summed E-state index contributed by atoms with van der Waals surface area (Å²) < 4.78 is 0.